The molecule has 3 rings (SSSR count). The van der Waals surface area contributed by atoms with Crippen LogP contribution in [0.5, 0.6) is 0 Å². The topological polar surface area (TPSA) is 119 Å². The first-order valence-corrected chi connectivity index (χ1v) is 8.91. The van der Waals surface area contributed by atoms with Crippen LogP contribution in [0.2, 0.25) is 0 Å². The molecular formula is C20H19N5O4. The molecule has 1 heterocycles. The molecule has 0 bridgehead atoms. The Morgan fingerprint density at radius 2 is 1.69 bits per heavy atom. The lowest BCUT2D eigenvalue weighted by molar-refractivity contribution is -0.384. The van der Waals surface area contributed by atoms with E-state index in [1.165, 1.54) is 29.2 Å². The molecule has 0 atom stereocenters. The van der Waals surface area contributed by atoms with Crippen LogP contribution in [0.15, 0.2) is 67.0 Å². The van der Waals surface area contributed by atoms with E-state index in [2.05, 4.69) is 15.7 Å². The molecule has 2 amide bonds. The van der Waals surface area contributed by atoms with Gasteiger partial charge in [0.1, 0.15) is 0 Å². The number of carbonyl (C=O) groups is 2. The zero-order chi connectivity index (χ0) is 20.6. The van der Waals surface area contributed by atoms with E-state index >= 15 is 0 Å². The molecule has 9 nitrogen and oxygen atoms in total. The molecular weight excluding hydrogens is 374 g/mol. The Kier molecular flexibility index (Phi) is 6.31. The fourth-order valence-electron chi connectivity index (χ4n) is 2.63. The Bertz CT molecular complexity index is 999. The van der Waals surface area contributed by atoms with Gasteiger partial charge < -0.3 is 10.6 Å². The van der Waals surface area contributed by atoms with Crippen LogP contribution in [-0.4, -0.2) is 39.6 Å². The van der Waals surface area contributed by atoms with E-state index in [4.69, 9.17) is 0 Å². The molecule has 0 saturated heterocycles. The van der Waals surface area contributed by atoms with Crippen molar-refractivity contribution < 1.29 is 14.5 Å². The minimum atomic E-state index is -0.482. The standard InChI is InChI=1S/C20H19N5O4/c26-19(12-15-4-2-1-3-5-15)21-10-11-22-20(27)16-13-23-24(14-16)17-6-8-18(9-7-17)25(28)29/h1-9,13-14H,10-12H2,(H,21,26)(H,22,27). The number of amides is 2. The van der Waals surface area contributed by atoms with Gasteiger partial charge in [-0.3, -0.25) is 19.7 Å². The summed E-state index contributed by atoms with van der Waals surface area (Å²) in [6, 6.07) is 15.2. The van der Waals surface area contributed by atoms with Crippen LogP contribution in [0.25, 0.3) is 5.69 Å². The van der Waals surface area contributed by atoms with E-state index in [1.807, 2.05) is 30.3 Å². The highest BCUT2D eigenvalue weighted by molar-refractivity contribution is 5.93. The summed E-state index contributed by atoms with van der Waals surface area (Å²) in [5.41, 5.74) is 1.85. The number of nitrogens with zero attached hydrogens (tertiary/aromatic N) is 3. The highest BCUT2D eigenvalue weighted by Gasteiger charge is 2.11. The Labute approximate surface area is 166 Å². The highest BCUT2D eigenvalue weighted by Crippen LogP contribution is 2.15. The van der Waals surface area contributed by atoms with Crippen molar-refractivity contribution in [1.82, 2.24) is 20.4 Å². The minimum absolute atomic E-state index is 0.0202. The van der Waals surface area contributed by atoms with Crippen molar-refractivity contribution in [3.63, 3.8) is 0 Å². The molecule has 29 heavy (non-hydrogen) atoms. The first kappa shape index (κ1) is 19.7. The normalized spacial score (nSPS) is 10.3. The Morgan fingerprint density at radius 1 is 1.00 bits per heavy atom. The third kappa shape index (κ3) is 5.48. The van der Waals surface area contributed by atoms with E-state index in [-0.39, 0.29) is 30.5 Å². The van der Waals surface area contributed by atoms with Gasteiger partial charge in [0.05, 0.1) is 28.8 Å². The van der Waals surface area contributed by atoms with Gasteiger partial charge in [-0.2, -0.15) is 5.10 Å². The summed E-state index contributed by atoms with van der Waals surface area (Å²) in [5.74, 6) is -0.438. The monoisotopic (exact) mass is 393 g/mol. The third-order valence-electron chi connectivity index (χ3n) is 4.11. The summed E-state index contributed by atoms with van der Waals surface area (Å²) in [5, 5.41) is 20.3. The number of non-ortho nitro benzene ring substituents is 1. The number of hydrogen-bond acceptors (Lipinski definition) is 5. The van der Waals surface area contributed by atoms with Gasteiger partial charge in [-0.25, -0.2) is 4.68 Å². The number of nitro groups is 1. The van der Waals surface area contributed by atoms with Gasteiger partial charge in [-0.15, -0.1) is 0 Å². The number of nitro benzene ring substituents is 1. The van der Waals surface area contributed by atoms with Crippen LogP contribution in [0, 0.1) is 10.1 Å². The molecule has 1 aromatic heterocycles. The Hall–Kier alpha value is -4.01. The summed E-state index contributed by atoms with van der Waals surface area (Å²) in [6.07, 6.45) is 3.23. The molecule has 0 saturated carbocycles. The average molecular weight is 393 g/mol. The van der Waals surface area contributed by atoms with Crippen molar-refractivity contribution in [1.29, 1.82) is 0 Å². The lowest BCUT2D eigenvalue weighted by Crippen LogP contribution is -2.35. The molecule has 2 aromatic carbocycles. The number of nitrogens with one attached hydrogen (secondary N) is 2. The molecule has 2 N–H and O–H groups in total. The van der Waals surface area contributed by atoms with Crippen LogP contribution in [0.3, 0.4) is 0 Å². The van der Waals surface area contributed by atoms with Gasteiger partial charge in [0, 0.05) is 31.4 Å². The largest absolute Gasteiger partial charge is 0.354 e. The van der Waals surface area contributed by atoms with Crippen molar-refractivity contribution in [2.45, 2.75) is 6.42 Å². The number of rotatable bonds is 8. The highest BCUT2D eigenvalue weighted by atomic mass is 16.6. The van der Waals surface area contributed by atoms with Gasteiger partial charge in [-0.1, -0.05) is 30.3 Å². The second-order valence-corrected chi connectivity index (χ2v) is 6.22. The van der Waals surface area contributed by atoms with E-state index in [9.17, 15) is 19.7 Å². The van der Waals surface area contributed by atoms with E-state index in [0.717, 1.165) is 5.56 Å². The fourth-order valence-corrected chi connectivity index (χ4v) is 2.63. The van der Waals surface area contributed by atoms with Gasteiger partial charge in [0.2, 0.25) is 5.91 Å². The number of hydrogen-bond donors (Lipinski definition) is 2. The van der Waals surface area contributed by atoms with E-state index in [1.54, 1.807) is 12.1 Å². The summed E-state index contributed by atoms with van der Waals surface area (Å²) in [4.78, 5) is 34.3. The second kappa shape index (κ2) is 9.27. The Morgan fingerprint density at radius 3 is 2.38 bits per heavy atom. The lowest BCUT2D eigenvalue weighted by atomic mass is 10.1. The first-order valence-electron chi connectivity index (χ1n) is 8.91. The van der Waals surface area contributed by atoms with Crippen LogP contribution in [-0.2, 0) is 11.2 Å². The fraction of sp³-hybridized carbons (Fsp3) is 0.150. The summed E-state index contributed by atoms with van der Waals surface area (Å²) in [7, 11) is 0. The maximum Gasteiger partial charge on any atom is 0.269 e. The number of aromatic nitrogens is 2. The SMILES string of the molecule is O=C(Cc1ccccc1)NCCNC(=O)c1cnn(-c2ccc([N+](=O)[O-])cc2)c1. The smallest absolute Gasteiger partial charge is 0.269 e. The summed E-state index contributed by atoms with van der Waals surface area (Å²) < 4.78 is 1.46. The van der Waals surface area contributed by atoms with Crippen LogP contribution in [0.1, 0.15) is 15.9 Å². The van der Waals surface area contributed by atoms with Gasteiger partial charge in [0.25, 0.3) is 11.6 Å². The third-order valence-corrected chi connectivity index (χ3v) is 4.11. The van der Waals surface area contributed by atoms with Crippen molar-refractivity contribution in [3.8, 4) is 5.69 Å². The molecule has 3 aromatic rings. The van der Waals surface area contributed by atoms with Crippen molar-refractivity contribution >= 4 is 17.5 Å². The molecule has 0 aliphatic carbocycles. The van der Waals surface area contributed by atoms with Crippen molar-refractivity contribution in [2.75, 3.05) is 13.1 Å². The van der Waals surface area contributed by atoms with Gasteiger partial charge in [0.15, 0.2) is 0 Å². The molecule has 0 radical (unpaired) electrons. The predicted octanol–water partition coefficient (Wildman–Crippen LogP) is 1.87. The van der Waals surface area contributed by atoms with E-state index < -0.39 is 4.92 Å². The molecule has 0 spiro atoms. The molecule has 0 unspecified atom stereocenters. The van der Waals surface area contributed by atoms with E-state index in [0.29, 0.717) is 17.8 Å². The predicted molar refractivity (Wildman–Crippen MR) is 106 cm³/mol. The van der Waals surface area contributed by atoms with Crippen molar-refractivity contribution in [2.24, 2.45) is 0 Å². The van der Waals surface area contributed by atoms with Crippen molar-refractivity contribution in [3.05, 3.63) is 88.2 Å². The lowest BCUT2D eigenvalue weighted by Gasteiger charge is -2.06. The maximum atomic E-state index is 12.2. The minimum Gasteiger partial charge on any atom is -0.354 e. The molecule has 148 valence electrons. The molecule has 9 heteroatoms. The summed E-state index contributed by atoms with van der Waals surface area (Å²) in [6.45, 7) is 0.593. The number of carbonyl (C=O) groups excluding carboxylic acids is 2. The van der Waals surface area contributed by atoms with Gasteiger partial charge >= 0.3 is 0 Å². The zero-order valence-electron chi connectivity index (χ0n) is 15.4. The van der Waals surface area contributed by atoms with Crippen LogP contribution in [0.4, 0.5) is 5.69 Å². The average Bonchev–Trinajstić information content (AvgIpc) is 3.22. The van der Waals surface area contributed by atoms with Crippen LogP contribution < -0.4 is 10.6 Å². The second-order valence-electron chi connectivity index (χ2n) is 6.22. The van der Waals surface area contributed by atoms with Crippen LogP contribution >= 0.6 is 0 Å². The zero-order valence-corrected chi connectivity index (χ0v) is 15.4. The maximum absolute atomic E-state index is 12.2. The first-order chi connectivity index (χ1) is 14.0. The molecule has 0 aliphatic heterocycles. The molecule has 0 fully saturated rings. The molecule has 0 aliphatic rings. The Balaban J connectivity index is 1.45. The van der Waals surface area contributed by atoms with Gasteiger partial charge in [-0.05, 0) is 17.7 Å². The summed E-state index contributed by atoms with van der Waals surface area (Å²) >= 11 is 0. The number of benzene rings is 2. The quantitative estimate of drug-likeness (QED) is 0.344.